The van der Waals surface area contributed by atoms with Crippen molar-refractivity contribution in [3.63, 3.8) is 0 Å². The second-order valence-electron chi connectivity index (χ2n) is 10.5. The molecule has 0 saturated heterocycles. The Kier molecular flexibility index (Phi) is 4.86. The van der Waals surface area contributed by atoms with Gasteiger partial charge in [-0.05, 0) is 71.6 Å². The van der Waals surface area contributed by atoms with Crippen LogP contribution >= 0.6 is 0 Å². The second-order valence-corrected chi connectivity index (χ2v) is 10.5. The maximum Gasteiger partial charge on any atom is 0.0963 e. The van der Waals surface area contributed by atoms with Gasteiger partial charge < -0.3 is 9.13 Å². The minimum absolute atomic E-state index is 0.301. The van der Waals surface area contributed by atoms with Gasteiger partial charge in [0.2, 0.25) is 0 Å². The summed E-state index contributed by atoms with van der Waals surface area (Å²) in [4.78, 5) is 4.81. The van der Waals surface area contributed by atoms with Crippen LogP contribution in [0.2, 0.25) is 0 Å². The van der Waals surface area contributed by atoms with Gasteiger partial charge >= 0.3 is 0 Å². The lowest BCUT2D eigenvalue weighted by Crippen LogP contribution is -2.15. The number of aromatic nitrogens is 3. The molecule has 2 atom stereocenters. The fourth-order valence-electron chi connectivity index (χ4n) is 6.40. The predicted octanol–water partition coefficient (Wildman–Crippen LogP) is 9.26. The van der Waals surface area contributed by atoms with Crippen molar-refractivity contribution >= 4 is 43.7 Å². The van der Waals surface area contributed by atoms with Crippen LogP contribution in [-0.4, -0.2) is 14.1 Å². The van der Waals surface area contributed by atoms with Crippen LogP contribution in [0.15, 0.2) is 134 Å². The van der Waals surface area contributed by atoms with Crippen molar-refractivity contribution in [2.45, 2.75) is 13.0 Å². The molecular formula is C36H27N3. The number of allylic oxidation sites excluding steroid dienone is 4. The van der Waals surface area contributed by atoms with E-state index < -0.39 is 0 Å². The molecule has 4 aromatic carbocycles. The Morgan fingerprint density at radius 1 is 0.590 bits per heavy atom. The average Bonchev–Trinajstić information content (AvgIpc) is 3.50. The molecule has 8 rings (SSSR count). The Labute approximate surface area is 226 Å². The molecule has 3 nitrogen and oxygen atoms in total. The Hall–Kier alpha value is -4.89. The summed E-state index contributed by atoms with van der Waals surface area (Å²) in [5.41, 5.74) is 9.45. The van der Waals surface area contributed by atoms with Gasteiger partial charge in [-0.2, -0.15) is 0 Å². The molecule has 0 saturated carbocycles. The summed E-state index contributed by atoms with van der Waals surface area (Å²) in [6.45, 7) is 2.30. The van der Waals surface area contributed by atoms with Crippen LogP contribution in [0.5, 0.6) is 0 Å². The smallest absolute Gasteiger partial charge is 0.0963 e. The Morgan fingerprint density at radius 3 is 2.13 bits per heavy atom. The Bertz CT molecular complexity index is 2090. The molecule has 3 heteroatoms. The van der Waals surface area contributed by atoms with E-state index in [-0.39, 0.29) is 0 Å². The van der Waals surface area contributed by atoms with Crippen molar-refractivity contribution in [2.24, 2.45) is 5.92 Å². The number of para-hydroxylation sites is 2. The largest absolute Gasteiger partial charge is 0.333 e. The zero-order chi connectivity index (χ0) is 25.9. The minimum Gasteiger partial charge on any atom is -0.333 e. The molecular weight excluding hydrogens is 474 g/mol. The van der Waals surface area contributed by atoms with Crippen molar-refractivity contribution in [2.75, 3.05) is 0 Å². The Morgan fingerprint density at radius 2 is 1.28 bits per heavy atom. The van der Waals surface area contributed by atoms with Gasteiger partial charge in [0, 0.05) is 39.1 Å². The second kappa shape index (κ2) is 8.57. The highest BCUT2D eigenvalue weighted by Gasteiger charge is 2.22. The fraction of sp³-hybridized carbons (Fsp3) is 0.0833. The van der Waals surface area contributed by atoms with Gasteiger partial charge in [0.1, 0.15) is 0 Å². The zero-order valence-electron chi connectivity index (χ0n) is 21.7. The lowest BCUT2D eigenvalue weighted by atomic mass is 9.96. The normalized spacial score (nSPS) is 17.2. The number of benzene rings is 4. The fourth-order valence-corrected chi connectivity index (χ4v) is 6.40. The first-order chi connectivity index (χ1) is 19.3. The number of hydrogen-bond acceptors (Lipinski definition) is 1. The van der Waals surface area contributed by atoms with Gasteiger partial charge in [-0.15, -0.1) is 0 Å². The first-order valence-electron chi connectivity index (χ1n) is 13.6. The van der Waals surface area contributed by atoms with E-state index in [0.29, 0.717) is 12.0 Å². The molecule has 3 aromatic heterocycles. The maximum atomic E-state index is 4.81. The highest BCUT2D eigenvalue weighted by Crippen LogP contribution is 2.39. The van der Waals surface area contributed by atoms with Gasteiger partial charge in [0.15, 0.2) is 0 Å². The van der Waals surface area contributed by atoms with Crippen LogP contribution in [0.4, 0.5) is 0 Å². The number of hydrogen-bond donors (Lipinski definition) is 0. The molecule has 186 valence electrons. The van der Waals surface area contributed by atoms with E-state index in [1.54, 1.807) is 0 Å². The van der Waals surface area contributed by atoms with Crippen LogP contribution in [0.25, 0.3) is 60.6 Å². The summed E-state index contributed by atoms with van der Waals surface area (Å²) in [6, 6.07) is 37.6. The molecule has 0 fully saturated rings. The number of nitrogens with zero attached hydrogens (tertiary/aromatic N) is 3. The lowest BCUT2D eigenvalue weighted by molar-refractivity contribution is 0.510. The molecule has 2 unspecified atom stereocenters. The number of rotatable bonds is 3. The summed E-state index contributed by atoms with van der Waals surface area (Å²) in [5, 5.41) is 3.76. The van der Waals surface area contributed by atoms with E-state index in [0.717, 1.165) is 16.7 Å². The van der Waals surface area contributed by atoms with Gasteiger partial charge in [-0.1, -0.05) is 79.8 Å². The lowest BCUT2D eigenvalue weighted by Gasteiger charge is -2.24. The van der Waals surface area contributed by atoms with E-state index in [1.807, 2.05) is 12.3 Å². The molecule has 0 bridgehead atoms. The summed E-state index contributed by atoms with van der Waals surface area (Å²) < 4.78 is 4.82. The van der Waals surface area contributed by atoms with E-state index in [2.05, 4.69) is 137 Å². The van der Waals surface area contributed by atoms with Crippen molar-refractivity contribution in [3.05, 3.63) is 134 Å². The van der Waals surface area contributed by atoms with Crippen LogP contribution in [0, 0.1) is 5.92 Å². The van der Waals surface area contributed by atoms with Crippen molar-refractivity contribution < 1.29 is 0 Å². The average molecular weight is 502 g/mol. The van der Waals surface area contributed by atoms with E-state index in [1.165, 1.54) is 43.8 Å². The topological polar surface area (TPSA) is 22.8 Å². The molecule has 0 N–H and O–H groups in total. The molecule has 0 spiro atoms. The maximum absolute atomic E-state index is 4.81. The summed E-state index contributed by atoms with van der Waals surface area (Å²) in [7, 11) is 0. The van der Waals surface area contributed by atoms with E-state index in [9.17, 15) is 0 Å². The monoisotopic (exact) mass is 501 g/mol. The minimum atomic E-state index is 0.301. The molecule has 3 heterocycles. The molecule has 39 heavy (non-hydrogen) atoms. The molecule has 1 aliphatic carbocycles. The highest BCUT2D eigenvalue weighted by molar-refractivity contribution is 6.11. The van der Waals surface area contributed by atoms with Crippen LogP contribution < -0.4 is 0 Å². The number of fused-ring (bicyclic) bond motifs is 6. The Balaban J connectivity index is 1.34. The van der Waals surface area contributed by atoms with Gasteiger partial charge in [-0.25, -0.2) is 0 Å². The van der Waals surface area contributed by atoms with Crippen molar-refractivity contribution in [1.29, 1.82) is 0 Å². The van der Waals surface area contributed by atoms with E-state index >= 15 is 0 Å². The van der Waals surface area contributed by atoms with Gasteiger partial charge in [-0.3, -0.25) is 4.98 Å². The summed E-state index contributed by atoms with van der Waals surface area (Å²) in [5.74, 6) is 0.436. The molecule has 0 amide bonds. The van der Waals surface area contributed by atoms with Crippen molar-refractivity contribution in [3.8, 4) is 16.8 Å². The SMILES string of the molecule is CC1C=CC=CC1n1c2ccccc2c2cc(-c3ccc4c(c3)c3ncccc3n4-c3ccccc3)ccc21. The third kappa shape index (κ3) is 3.33. The third-order valence-electron chi connectivity index (χ3n) is 8.25. The quantitative estimate of drug-likeness (QED) is 0.237. The molecule has 0 aliphatic heterocycles. The van der Waals surface area contributed by atoms with Crippen LogP contribution in [0.3, 0.4) is 0 Å². The number of pyridine rings is 1. The highest BCUT2D eigenvalue weighted by atomic mass is 15.0. The first kappa shape index (κ1) is 22.1. The first-order valence-corrected chi connectivity index (χ1v) is 13.6. The van der Waals surface area contributed by atoms with Crippen molar-refractivity contribution in [1.82, 2.24) is 14.1 Å². The molecule has 7 aromatic rings. The third-order valence-corrected chi connectivity index (χ3v) is 8.25. The van der Waals surface area contributed by atoms with E-state index in [4.69, 9.17) is 4.98 Å². The van der Waals surface area contributed by atoms with Crippen LogP contribution in [0.1, 0.15) is 13.0 Å². The summed E-state index contributed by atoms with van der Waals surface area (Å²) in [6.07, 6.45) is 10.9. The predicted molar refractivity (Wildman–Crippen MR) is 163 cm³/mol. The van der Waals surface area contributed by atoms with Gasteiger partial charge in [0.25, 0.3) is 0 Å². The summed E-state index contributed by atoms with van der Waals surface area (Å²) >= 11 is 0. The van der Waals surface area contributed by atoms with Gasteiger partial charge in [0.05, 0.1) is 22.6 Å². The van der Waals surface area contributed by atoms with Crippen LogP contribution in [-0.2, 0) is 0 Å². The standard InChI is InChI=1S/C36H27N3/c1-24-10-5-7-14-31(24)39-32-15-8-6-13-28(32)29-22-25(17-19-33(29)39)26-18-20-34-30(23-26)36-35(16-9-21-37-36)38(34)27-11-3-2-4-12-27/h2-24,31H,1H3. The zero-order valence-corrected chi connectivity index (χ0v) is 21.7. The molecule has 1 aliphatic rings. The molecule has 0 radical (unpaired) electrons.